The van der Waals surface area contributed by atoms with Crippen molar-refractivity contribution in [3.05, 3.63) is 52.5 Å². The summed E-state index contributed by atoms with van der Waals surface area (Å²) in [6, 6.07) is 13.4. The van der Waals surface area contributed by atoms with Crippen LogP contribution in [-0.2, 0) is 0 Å². The van der Waals surface area contributed by atoms with Gasteiger partial charge in [0.25, 0.3) is 0 Å². The number of nitrogens with zero attached hydrogens (tertiary/aromatic N) is 1. The first-order valence-corrected chi connectivity index (χ1v) is 6.79. The fourth-order valence-corrected chi connectivity index (χ4v) is 1.90. The summed E-state index contributed by atoms with van der Waals surface area (Å²) in [5.41, 5.74) is 4.81. The molecule has 0 spiro atoms. The number of rotatable bonds is 5. The maximum Gasteiger partial charge on any atom is 0.161 e. The Morgan fingerprint density at radius 1 is 1.00 bits per heavy atom. The normalized spacial score (nSPS) is 10.6. The second-order valence-electron chi connectivity index (χ2n) is 3.99. The molecule has 0 fully saturated rings. The van der Waals surface area contributed by atoms with Gasteiger partial charge in [-0.05, 0) is 48.0 Å². The van der Waals surface area contributed by atoms with Crippen molar-refractivity contribution >= 4 is 27.8 Å². The van der Waals surface area contributed by atoms with Crippen molar-refractivity contribution in [2.45, 2.75) is 0 Å². The van der Waals surface area contributed by atoms with Crippen LogP contribution in [0.5, 0.6) is 11.5 Å². The van der Waals surface area contributed by atoms with Crippen LogP contribution in [0.15, 0.2) is 52.0 Å². The highest BCUT2D eigenvalue weighted by Gasteiger charge is 2.02. The molecule has 0 aliphatic rings. The molecule has 2 aromatic carbocycles. The van der Waals surface area contributed by atoms with E-state index < -0.39 is 0 Å². The van der Waals surface area contributed by atoms with Crippen molar-refractivity contribution in [1.29, 1.82) is 0 Å². The summed E-state index contributed by atoms with van der Waals surface area (Å²) < 4.78 is 11.5. The topological polar surface area (TPSA) is 42.8 Å². The fraction of sp³-hybridized carbons (Fsp3) is 0.133. The molecule has 20 heavy (non-hydrogen) atoms. The molecule has 2 rings (SSSR count). The maximum absolute atomic E-state index is 5.24. The molecule has 0 atom stereocenters. The lowest BCUT2D eigenvalue weighted by atomic mass is 10.2. The zero-order valence-corrected chi connectivity index (χ0v) is 12.8. The van der Waals surface area contributed by atoms with Gasteiger partial charge in [0.05, 0.1) is 26.1 Å². The Kier molecular flexibility index (Phi) is 5.01. The summed E-state index contributed by atoms with van der Waals surface area (Å²) in [7, 11) is 3.22. The lowest BCUT2D eigenvalue weighted by molar-refractivity contribution is 0.355. The van der Waals surface area contributed by atoms with Crippen LogP contribution in [-0.4, -0.2) is 20.4 Å². The molecular formula is C15H15BrN2O2. The van der Waals surface area contributed by atoms with Crippen molar-refractivity contribution in [1.82, 2.24) is 0 Å². The van der Waals surface area contributed by atoms with E-state index >= 15 is 0 Å². The van der Waals surface area contributed by atoms with Crippen molar-refractivity contribution in [3.63, 3.8) is 0 Å². The predicted molar refractivity (Wildman–Crippen MR) is 84.9 cm³/mol. The van der Waals surface area contributed by atoms with Gasteiger partial charge in [-0.25, -0.2) is 0 Å². The highest BCUT2D eigenvalue weighted by molar-refractivity contribution is 9.10. The van der Waals surface area contributed by atoms with Crippen molar-refractivity contribution in [3.8, 4) is 11.5 Å². The zero-order chi connectivity index (χ0) is 14.4. The monoisotopic (exact) mass is 334 g/mol. The van der Waals surface area contributed by atoms with Crippen LogP contribution in [0.3, 0.4) is 0 Å². The van der Waals surface area contributed by atoms with Gasteiger partial charge in [0.15, 0.2) is 11.5 Å². The van der Waals surface area contributed by atoms with Gasteiger partial charge < -0.3 is 9.47 Å². The van der Waals surface area contributed by atoms with Gasteiger partial charge in [0.1, 0.15) is 0 Å². The predicted octanol–water partition coefficient (Wildman–Crippen LogP) is 3.91. The summed E-state index contributed by atoms with van der Waals surface area (Å²) in [4.78, 5) is 0. The molecule has 0 aliphatic carbocycles. The highest BCUT2D eigenvalue weighted by atomic mass is 79.9. The average molecular weight is 335 g/mol. The molecule has 0 unspecified atom stereocenters. The Bertz CT molecular complexity index is 597. The third-order valence-corrected chi connectivity index (χ3v) is 3.19. The van der Waals surface area contributed by atoms with Crippen molar-refractivity contribution in [2.24, 2.45) is 5.10 Å². The van der Waals surface area contributed by atoms with E-state index in [0.29, 0.717) is 11.5 Å². The van der Waals surface area contributed by atoms with Gasteiger partial charge in [0.2, 0.25) is 0 Å². The van der Waals surface area contributed by atoms with Crippen LogP contribution in [0.1, 0.15) is 5.56 Å². The van der Waals surface area contributed by atoms with E-state index in [4.69, 9.17) is 9.47 Å². The van der Waals surface area contributed by atoms with Crippen LogP contribution in [0.25, 0.3) is 0 Å². The molecule has 0 aromatic heterocycles. The van der Waals surface area contributed by atoms with Gasteiger partial charge in [-0.15, -0.1) is 0 Å². The highest BCUT2D eigenvalue weighted by Crippen LogP contribution is 2.26. The fourth-order valence-electron chi connectivity index (χ4n) is 1.64. The summed E-state index contributed by atoms with van der Waals surface area (Å²) in [6.45, 7) is 0. The minimum absolute atomic E-state index is 0.681. The zero-order valence-electron chi connectivity index (χ0n) is 11.3. The largest absolute Gasteiger partial charge is 0.493 e. The minimum atomic E-state index is 0.681. The summed E-state index contributed by atoms with van der Waals surface area (Å²) in [6.07, 6.45) is 1.73. The smallest absolute Gasteiger partial charge is 0.161 e. The van der Waals surface area contributed by atoms with E-state index in [9.17, 15) is 0 Å². The number of hydrazone groups is 1. The quantitative estimate of drug-likeness (QED) is 0.665. The molecule has 104 valence electrons. The lowest BCUT2D eigenvalue weighted by Gasteiger charge is -2.07. The number of anilines is 1. The molecule has 0 heterocycles. The average Bonchev–Trinajstić information content (AvgIpc) is 2.49. The first-order valence-electron chi connectivity index (χ1n) is 5.99. The van der Waals surface area contributed by atoms with Gasteiger partial charge in [-0.2, -0.15) is 5.10 Å². The lowest BCUT2D eigenvalue weighted by Crippen LogP contribution is -1.93. The van der Waals surface area contributed by atoms with Crippen LogP contribution >= 0.6 is 15.9 Å². The molecule has 5 heteroatoms. The van der Waals surface area contributed by atoms with Crippen LogP contribution in [0.4, 0.5) is 5.69 Å². The van der Waals surface area contributed by atoms with E-state index in [1.54, 1.807) is 20.4 Å². The molecule has 0 radical (unpaired) electrons. The molecule has 0 saturated carbocycles. The van der Waals surface area contributed by atoms with Crippen LogP contribution < -0.4 is 14.9 Å². The number of hydrogen-bond acceptors (Lipinski definition) is 4. The Morgan fingerprint density at radius 3 is 2.35 bits per heavy atom. The van der Waals surface area contributed by atoms with Gasteiger partial charge in [-0.3, -0.25) is 5.43 Å². The summed E-state index contributed by atoms with van der Waals surface area (Å²) >= 11 is 3.39. The van der Waals surface area contributed by atoms with Crippen LogP contribution in [0, 0.1) is 0 Å². The molecule has 0 saturated heterocycles. The SMILES string of the molecule is COc1ccc(/C=N/Nc2ccc(Br)cc2)cc1OC. The number of benzene rings is 2. The van der Waals surface area contributed by atoms with E-state index in [1.807, 2.05) is 42.5 Å². The van der Waals surface area contributed by atoms with E-state index in [1.165, 1.54) is 0 Å². The Labute approximate surface area is 126 Å². The second kappa shape index (κ2) is 6.96. The van der Waals surface area contributed by atoms with Gasteiger partial charge in [-0.1, -0.05) is 15.9 Å². The molecule has 0 amide bonds. The number of nitrogens with one attached hydrogen (secondary N) is 1. The Hall–Kier alpha value is -2.01. The third kappa shape index (κ3) is 3.74. The Morgan fingerprint density at radius 2 is 1.70 bits per heavy atom. The summed E-state index contributed by atoms with van der Waals surface area (Å²) in [5, 5.41) is 4.19. The summed E-state index contributed by atoms with van der Waals surface area (Å²) in [5.74, 6) is 1.38. The molecule has 2 aromatic rings. The van der Waals surface area contributed by atoms with Crippen molar-refractivity contribution < 1.29 is 9.47 Å². The van der Waals surface area contributed by atoms with Crippen molar-refractivity contribution in [2.75, 3.05) is 19.6 Å². The number of hydrogen-bond donors (Lipinski definition) is 1. The van der Waals surface area contributed by atoms with Gasteiger partial charge >= 0.3 is 0 Å². The number of methoxy groups -OCH3 is 2. The Balaban J connectivity index is 2.05. The molecular weight excluding hydrogens is 320 g/mol. The second-order valence-corrected chi connectivity index (χ2v) is 4.91. The minimum Gasteiger partial charge on any atom is -0.493 e. The van der Waals surface area contributed by atoms with E-state index in [0.717, 1.165) is 15.7 Å². The number of ether oxygens (including phenoxy) is 2. The van der Waals surface area contributed by atoms with E-state index in [2.05, 4.69) is 26.5 Å². The van der Waals surface area contributed by atoms with Crippen LogP contribution in [0.2, 0.25) is 0 Å². The molecule has 1 N–H and O–H groups in total. The standard InChI is InChI=1S/C15H15BrN2O2/c1-19-14-8-3-11(9-15(14)20-2)10-17-18-13-6-4-12(16)5-7-13/h3-10,18H,1-2H3/b17-10+. The molecule has 0 bridgehead atoms. The van der Waals surface area contributed by atoms with E-state index in [-0.39, 0.29) is 0 Å². The number of halogens is 1. The third-order valence-electron chi connectivity index (χ3n) is 2.66. The molecule has 0 aliphatic heterocycles. The first-order chi connectivity index (χ1) is 9.72. The van der Waals surface area contributed by atoms with Gasteiger partial charge in [0, 0.05) is 4.47 Å². The molecule has 4 nitrogen and oxygen atoms in total. The maximum atomic E-state index is 5.24. The first kappa shape index (κ1) is 14.4.